The number of carbonyl (C=O) groups is 1. The van der Waals surface area contributed by atoms with E-state index in [2.05, 4.69) is 29.2 Å². The van der Waals surface area contributed by atoms with Crippen molar-refractivity contribution in [2.24, 2.45) is 5.92 Å². The number of nitrogens with zero attached hydrogens (tertiary/aromatic N) is 3. The molecule has 0 amide bonds. The Morgan fingerprint density at radius 2 is 1.87 bits per heavy atom. The fourth-order valence-electron chi connectivity index (χ4n) is 5.45. The summed E-state index contributed by atoms with van der Waals surface area (Å²) in [5.41, 5.74) is 6.42. The molecule has 1 N–H and O–H groups in total. The number of thiazole rings is 1. The van der Waals surface area contributed by atoms with Crippen LogP contribution in [-0.4, -0.2) is 34.6 Å². The quantitative estimate of drug-likeness (QED) is 0.253. The van der Waals surface area contributed by atoms with Gasteiger partial charge in [0.15, 0.2) is 5.69 Å². The van der Waals surface area contributed by atoms with E-state index < -0.39 is 17.0 Å². The van der Waals surface area contributed by atoms with Crippen molar-refractivity contribution in [1.29, 1.82) is 0 Å². The van der Waals surface area contributed by atoms with E-state index in [4.69, 9.17) is 5.10 Å². The third-order valence-corrected chi connectivity index (χ3v) is 9.12. The number of benzene rings is 2. The lowest BCUT2D eigenvalue weighted by atomic mass is 9.92. The zero-order chi connectivity index (χ0) is 26.2. The predicted molar refractivity (Wildman–Crippen MR) is 146 cm³/mol. The molecule has 1 atom stereocenters. The van der Waals surface area contributed by atoms with Crippen molar-refractivity contribution < 1.29 is 18.7 Å². The Labute approximate surface area is 227 Å². The first-order valence-electron chi connectivity index (χ1n) is 13.0. The van der Waals surface area contributed by atoms with Gasteiger partial charge in [0.1, 0.15) is 0 Å². The normalized spacial score (nSPS) is 16.7. The number of aromatic carboxylic acids is 1. The molecular weight excluding hydrogens is 518 g/mol. The van der Waals surface area contributed by atoms with E-state index >= 15 is 0 Å². The lowest BCUT2D eigenvalue weighted by molar-refractivity contribution is 0.0691. The van der Waals surface area contributed by atoms with Crippen LogP contribution in [0.25, 0.3) is 16.4 Å². The largest absolute Gasteiger partial charge is 0.768 e. The Kier molecular flexibility index (Phi) is 6.99. The summed E-state index contributed by atoms with van der Waals surface area (Å²) in [4.78, 5) is 16.2. The van der Waals surface area contributed by atoms with Crippen LogP contribution in [0.3, 0.4) is 0 Å². The van der Waals surface area contributed by atoms with Gasteiger partial charge in [-0.2, -0.15) is 5.10 Å². The van der Waals surface area contributed by atoms with Crippen LogP contribution in [0.5, 0.6) is 0 Å². The van der Waals surface area contributed by atoms with Gasteiger partial charge in [-0.05, 0) is 84.3 Å². The fourth-order valence-corrected chi connectivity index (χ4v) is 6.58. The molecule has 7 nitrogen and oxygen atoms in total. The van der Waals surface area contributed by atoms with Crippen molar-refractivity contribution in [2.75, 3.05) is 0 Å². The number of carboxylic acids is 1. The first kappa shape index (κ1) is 25.2. The van der Waals surface area contributed by atoms with Crippen molar-refractivity contribution in [2.45, 2.75) is 62.2 Å². The maximum absolute atomic E-state index is 11.6. The Bertz CT molecular complexity index is 1500. The molecule has 196 valence electrons. The van der Waals surface area contributed by atoms with Gasteiger partial charge in [-0.3, -0.25) is 4.21 Å². The van der Waals surface area contributed by atoms with Crippen LogP contribution in [0, 0.1) is 5.92 Å². The van der Waals surface area contributed by atoms with E-state index in [0.29, 0.717) is 23.4 Å². The summed E-state index contributed by atoms with van der Waals surface area (Å²) in [7, 11) is 0. The van der Waals surface area contributed by atoms with E-state index in [-0.39, 0.29) is 10.6 Å². The maximum atomic E-state index is 11.6. The van der Waals surface area contributed by atoms with Gasteiger partial charge in [0, 0.05) is 27.8 Å². The summed E-state index contributed by atoms with van der Waals surface area (Å²) in [6.45, 7) is 0. The lowest BCUT2D eigenvalue weighted by Crippen LogP contribution is -2.06. The van der Waals surface area contributed by atoms with Crippen LogP contribution in [0.4, 0.5) is 0 Å². The van der Waals surface area contributed by atoms with Crippen molar-refractivity contribution in [1.82, 2.24) is 14.8 Å². The van der Waals surface area contributed by atoms with Gasteiger partial charge in [-0.15, -0.1) is 11.3 Å². The molecule has 0 aliphatic heterocycles. The highest BCUT2D eigenvalue weighted by atomic mass is 32.2. The Hall–Kier alpha value is -3.14. The molecule has 38 heavy (non-hydrogen) atoms. The first-order valence-corrected chi connectivity index (χ1v) is 15.0. The molecule has 4 aromatic rings. The number of hydrogen-bond donors (Lipinski definition) is 1. The van der Waals surface area contributed by atoms with Gasteiger partial charge in [-0.1, -0.05) is 43.2 Å². The van der Waals surface area contributed by atoms with Gasteiger partial charge >= 0.3 is 5.97 Å². The molecular formula is C29H28N3O4S2-. The molecule has 2 aromatic heterocycles. The van der Waals surface area contributed by atoms with E-state index in [1.165, 1.54) is 55.4 Å². The van der Waals surface area contributed by atoms with Crippen LogP contribution in [0.2, 0.25) is 0 Å². The third kappa shape index (κ3) is 5.23. The Morgan fingerprint density at radius 1 is 1.11 bits per heavy atom. The van der Waals surface area contributed by atoms with Crippen molar-refractivity contribution in [3.63, 3.8) is 0 Å². The summed E-state index contributed by atoms with van der Waals surface area (Å²) < 4.78 is 24.6. The molecule has 2 saturated carbocycles. The van der Waals surface area contributed by atoms with E-state index in [1.807, 2.05) is 16.8 Å². The summed E-state index contributed by atoms with van der Waals surface area (Å²) in [5.74, 6) is 0.0963. The highest BCUT2D eigenvalue weighted by Crippen LogP contribution is 2.40. The molecule has 1 unspecified atom stereocenters. The summed E-state index contributed by atoms with van der Waals surface area (Å²) in [6, 6.07) is 15.7. The average molecular weight is 547 g/mol. The zero-order valence-electron chi connectivity index (χ0n) is 20.8. The summed E-state index contributed by atoms with van der Waals surface area (Å²) in [6.07, 6.45) is 8.72. The van der Waals surface area contributed by atoms with Gasteiger partial charge in [0.05, 0.1) is 11.4 Å². The minimum atomic E-state index is -2.27. The average Bonchev–Trinajstić information content (AvgIpc) is 3.28. The van der Waals surface area contributed by atoms with Gasteiger partial charge < -0.3 is 9.66 Å². The molecule has 0 bridgehead atoms. The fraction of sp³-hybridized carbons (Fsp3) is 0.345. The first-order chi connectivity index (χ1) is 18.5. The minimum Gasteiger partial charge on any atom is -0.768 e. The monoisotopic (exact) mass is 546 g/mol. The summed E-state index contributed by atoms with van der Waals surface area (Å²) >= 11 is -0.985. The van der Waals surface area contributed by atoms with Crippen LogP contribution < -0.4 is 0 Å². The smallest absolute Gasteiger partial charge is 0.355 e. The third-order valence-electron chi connectivity index (χ3n) is 7.64. The van der Waals surface area contributed by atoms with Crippen LogP contribution in [0.15, 0.2) is 58.8 Å². The van der Waals surface area contributed by atoms with E-state index in [0.717, 1.165) is 34.5 Å². The van der Waals surface area contributed by atoms with Crippen molar-refractivity contribution >= 4 is 28.4 Å². The van der Waals surface area contributed by atoms with Crippen LogP contribution in [0.1, 0.15) is 77.3 Å². The molecule has 2 aliphatic carbocycles. The molecule has 0 saturated heterocycles. The van der Waals surface area contributed by atoms with Gasteiger partial charge in [0.25, 0.3) is 0 Å². The second-order valence-corrected chi connectivity index (χ2v) is 12.1. The number of hydrogen-bond acceptors (Lipinski definition) is 6. The van der Waals surface area contributed by atoms with E-state index in [1.54, 1.807) is 17.5 Å². The Balaban J connectivity index is 1.48. The molecule has 0 radical (unpaired) electrons. The highest BCUT2D eigenvalue weighted by molar-refractivity contribution is 7.79. The molecule has 2 heterocycles. The lowest BCUT2D eigenvalue weighted by Gasteiger charge is -2.12. The topological polar surface area (TPSA) is 108 Å². The van der Waals surface area contributed by atoms with Crippen LogP contribution in [-0.2, 0) is 23.9 Å². The molecule has 0 spiro atoms. The highest BCUT2D eigenvalue weighted by Gasteiger charge is 2.29. The maximum Gasteiger partial charge on any atom is 0.355 e. The summed E-state index contributed by atoms with van der Waals surface area (Å²) in [5, 5.41) is 16.7. The van der Waals surface area contributed by atoms with E-state index in [9.17, 15) is 18.7 Å². The van der Waals surface area contributed by atoms with Crippen molar-refractivity contribution in [3.05, 3.63) is 82.0 Å². The standard InChI is InChI=1S/C29H29N3O4S2/c33-28(34)25-17-37-29(30-25)32-26(15-19-8-9-19)24(14-18-10-12-23(13-11-18)38(35)36)27(31-32)22-7-3-6-21(16-22)20-4-1-2-5-20/h3,6-7,10-13,16-17,19-20H,1-2,4-5,8-9,14-15H2,(H,33,34)(H,35,36)/p-1. The molecule has 2 aliphatic rings. The van der Waals surface area contributed by atoms with Crippen molar-refractivity contribution in [3.8, 4) is 16.4 Å². The second kappa shape index (κ2) is 10.6. The van der Waals surface area contributed by atoms with Gasteiger partial charge in [-0.25, -0.2) is 14.5 Å². The number of rotatable bonds is 9. The molecule has 6 rings (SSSR count). The molecule has 9 heteroatoms. The Morgan fingerprint density at radius 3 is 2.53 bits per heavy atom. The van der Waals surface area contributed by atoms with Gasteiger partial charge in [0.2, 0.25) is 5.13 Å². The minimum absolute atomic E-state index is 0.0189. The number of aromatic nitrogens is 3. The second-order valence-electron chi connectivity index (χ2n) is 10.3. The predicted octanol–water partition coefficient (Wildman–Crippen LogP) is 6.13. The number of carboxylic acid groups (broad SMARTS) is 1. The zero-order valence-corrected chi connectivity index (χ0v) is 22.5. The SMILES string of the molecule is O=C(O)c1csc(-n2nc(-c3cccc(C4CCCC4)c3)c(Cc3ccc(S(=O)[O-])cc3)c2CC2CC2)n1. The molecule has 2 fully saturated rings. The van der Waals surface area contributed by atoms with Crippen LogP contribution >= 0.6 is 11.3 Å². The molecule has 2 aromatic carbocycles.